The van der Waals surface area contributed by atoms with Crippen molar-refractivity contribution >= 4 is 0 Å². The van der Waals surface area contributed by atoms with Crippen LogP contribution in [-0.4, -0.2) is 37.6 Å². The first-order chi connectivity index (χ1) is 7.27. The summed E-state index contributed by atoms with van der Waals surface area (Å²) in [6.45, 7) is 5.67. The highest BCUT2D eigenvalue weighted by atomic mass is 15.2. The van der Waals surface area contributed by atoms with Gasteiger partial charge in [0, 0.05) is 25.7 Å². The Balaban J connectivity index is 1.84. The number of nitrogens with one attached hydrogen (secondary N) is 1. The molecule has 0 aromatic heterocycles. The lowest BCUT2D eigenvalue weighted by Crippen LogP contribution is -2.56. The molecule has 0 bridgehead atoms. The summed E-state index contributed by atoms with van der Waals surface area (Å²) in [5.74, 6) is 0. The standard InChI is InChI=1S/C13H20N2/c1-11-5-3-4-6-12(11)7-8-15(2)13-9-14-10-13/h3-6,13-14H,7-10H2,1-2H3. The Morgan fingerprint density at radius 2 is 2.07 bits per heavy atom. The molecule has 1 saturated heterocycles. The van der Waals surface area contributed by atoms with Crippen molar-refractivity contribution in [1.29, 1.82) is 0 Å². The zero-order chi connectivity index (χ0) is 10.7. The van der Waals surface area contributed by atoms with E-state index in [0.29, 0.717) is 0 Å². The SMILES string of the molecule is Cc1ccccc1CCN(C)C1CNC1. The van der Waals surface area contributed by atoms with E-state index >= 15 is 0 Å². The summed E-state index contributed by atoms with van der Waals surface area (Å²) < 4.78 is 0. The number of nitrogens with zero attached hydrogens (tertiary/aromatic N) is 1. The molecule has 82 valence electrons. The predicted octanol–water partition coefficient (Wildman–Crippen LogP) is 1.44. The van der Waals surface area contributed by atoms with E-state index in [4.69, 9.17) is 0 Å². The van der Waals surface area contributed by atoms with Crippen molar-refractivity contribution in [2.75, 3.05) is 26.7 Å². The van der Waals surface area contributed by atoms with Gasteiger partial charge in [-0.05, 0) is 31.5 Å². The quantitative estimate of drug-likeness (QED) is 0.798. The Morgan fingerprint density at radius 1 is 1.33 bits per heavy atom. The van der Waals surface area contributed by atoms with Crippen molar-refractivity contribution in [2.24, 2.45) is 0 Å². The fraction of sp³-hybridized carbons (Fsp3) is 0.538. The monoisotopic (exact) mass is 204 g/mol. The molecule has 1 heterocycles. The maximum Gasteiger partial charge on any atom is 0.0342 e. The Bertz CT molecular complexity index is 318. The van der Waals surface area contributed by atoms with Gasteiger partial charge in [-0.3, -0.25) is 0 Å². The van der Waals surface area contributed by atoms with Crippen LogP contribution in [0.5, 0.6) is 0 Å². The van der Waals surface area contributed by atoms with Crippen LogP contribution in [0.15, 0.2) is 24.3 Å². The van der Waals surface area contributed by atoms with Gasteiger partial charge in [-0.15, -0.1) is 0 Å². The highest BCUT2D eigenvalue weighted by Gasteiger charge is 2.20. The average molecular weight is 204 g/mol. The second-order valence-electron chi connectivity index (χ2n) is 4.47. The molecular formula is C13H20N2. The summed E-state index contributed by atoms with van der Waals surface area (Å²) in [6.07, 6.45) is 1.17. The molecule has 1 fully saturated rings. The van der Waals surface area contributed by atoms with E-state index in [1.54, 1.807) is 0 Å². The first-order valence-corrected chi connectivity index (χ1v) is 5.73. The van der Waals surface area contributed by atoms with E-state index in [1.165, 1.54) is 17.5 Å². The van der Waals surface area contributed by atoms with Crippen molar-refractivity contribution in [3.63, 3.8) is 0 Å². The van der Waals surface area contributed by atoms with Crippen molar-refractivity contribution in [1.82, 2.24) is 10.2 Å². The highest BCUT2D eigenvalue weighted by Crippen LogP contribution is 2.09. The molecule has 1 aromatic rings. The van der Waals surface area contributed by atoms with Crippen LogP contribution in [-0.2, 0) is 6.42 Å². The molecule has 1 aliphatic rings. The fourth-order valence-electron chi connectivity index (χ4n) is 1.96. The maximum absolute atomic E-state index is 3.31. The zero-order valence-electron chi connectivity index (χ0n) is 9.66. The van der Waals surface area contributed by atoms with Crippen LogP contribution in [0.2, 0.25) is 0 Å². The van der Waals surface area contributed by atoms with Crippen LogP contribution in [0.4, 0.5) is 0 Å². The van der Waals surface area contributed by atoms with Crippen LogP contribution >= 0.6 is 0 Å². The first kappa shape index (κ1) is 10.7. The minimum atomic E-state index is 0.758. The topological polar surface area (TPSA) is 15.3 Å². The molecule has 2 rings (SSSR count). The van der Waals surface area contributed by atoms with Gasteiger partial charge in [0.15, 0.2) is 0 Å². The molecule has 0 radical (unpaired) electrons. The van der Waals surface area contributed by atoms with Crippen molar-refractivity contribution in [3.05, 3.63) is 35.4 Å². The van der Waals surface area contributed by atoms with Crippen molar-refractivity contribution in [3.8, 4) is 0 Å². The van der Waals surface area contributed by atoms with Crippen LogP contribution in [0.3, 0.4) is 0 Å². The van der Waals surface area contributed by atoms with Gasteiger partial charge in [0.25, 0.3) is 0 Å². The molecule has 0 amide bonds. The van der Waals surface area contributed by atoms with Gasteiger partial charge in [-0.2, -0.15) is 0 Å². The lowest BCUT2D eigenvalue weighted by Gasteiger charge is -2.35. The third-order valence-corrected chi connectivity index (χ3v) is 3.38. The second-order valence-corrected chi connectivity index (χ2v) is 4.47. The predicted molar refractivity (Wildman–Crippen MR) is 64.2 cm³/mol. The first-order valence-electron chi connectivity index (χ1n) is 5.73. The Labute approximate surface area is 92.3 Å². The van der Waals surface area contributed by atoms with Gasteiger partial charge in [0.1, 0.15) is 0 Å². The third kappa shape index (κ3) is 2.58. The molecular weight excluding hydrogens is 184 g/mol. The number of hydrogen-bond donors (Lipinski definition) is 1. The summed E-state index contributed by atoms with van der Waals surface area (Å²) in [6, 6.07) is 9.43. The Kier molecular flexibility index (Phi) is 3.39. The van der Waals surface area contributed by atoms with E-state index in [0.717, 1.165) is 25.7 Å². The molecule has 1 N–H and O–H groups in total. The van der Waals surface area contributed by atoms with E-state index < -0.39 is 0 Å². The molecule has 0 spiro atoms. The summed E-state index contributed by atoms with van der Waals surface area (Å²) in [5, 5.41) is 3.31. The number of rotatable bonds is 4. The zero-order valence-corrected chi connectivity index (χ0v) is 9.66. The summed E-state index contributed by atoms with van der Waals surface area (Å²) in [4.78, 5) is 2.46. The number of benzene rings is 1. The van der Waals surface area contributed by atoms with Crippen LogP contribution in [0.1, 0.15) is 11.1 Å². The molecule has 0 unspecified atom stereocenters. The average Bonchev–Trinajstić information content (AvgIpc) is 2.14. The van der Waals surface area contributed by atoms with Gasteiger partial charge < -0.3 is 10.2 Å². The summed E-state index contributed by atoms with van der Waals surface area (Å²) in [5.41, 5.74) is 2.90. The van der Waals surface area contributed by atoms with Gasteiger partial charge in [-0.25, -0.2) is 0 Å². The molecule has 0 aliphatic carbocycles. The normalized spacial score (nSPS) is 16.7. The molecule has 2 heteroatoms. The molecule has 2 nitrogen and oxygen atoms in total. The lowest BCUT2D eigenvalue weighted by atomic mass is 10.0. The smallest absolute Gasteiger partial charge is 0.0342 e. The Morgan fingerprint density at radius 3 is 2.67 bits per heavy atom. The largest absolute Gasteiger partial charge is 0.314 e. The molecule has 0 atom stereocenters. The summed E-state index contributed by atoms with van der Waals surface area (Å²) >= 11 is 0. The molecule has 0 saturated carbocycles. The third-order valence-electron chi connectivity index (χ3n) is 3.38. The molecule has 15 heavy (non-hydrogen) atoms. The molecule has 1 aliphatic heterocycles. The minimum absolute atomic E-state index is 0.758. The number of likely N-dealkylation sites (N-methyl/N-ethyl adjacent to an activating group) is 1. The van der Waals surface area contributed by atoms with E-state index in [2.05, 4.69) is 48.5 Å². The number of hydrogen-bond acceptors (Lipinski definition) is 2. The van der Waals surface area contributed by atoms with Gasteiger partial charge in [-0.1, -0.05) is 24.3 Å². The van der Waals surface area contributed by atoms with Crippen LogP contribution in [0, 0.1) is 6.92 Å². The van der Waals surface area contributed by atoms with Crippen LogP contribution in [0.25, 0.3) is 0 Å². The van der Waals surface area contributed by atoms with E-state index in [1.807, 2.05) is 0 Å². The lowest BCUT2D eigenvalue weighted by molar-refractivity contribution is 0.182. The van der Waals surface area contributed by atoms with Gasteiger partial charge >= 0.3 is 0 Å². The van der Waals surface area contributed by atoms with E-state index in [9.17, 15) is 0 Å². The van der Waals surface area contributed by atoms with Crippen LogP contribution < -0.4 is 5.32 Å². The summed E-state index contributed by atoms with van der Waals surface area (Å²) in [7, 11) is 2.23. The van der Waals surface area contributed by atoms with E-state index in [-0.39, 0.29) is 0 Å². The Hall–Kier alpha value is -0.860. The highest BCUT2D eigenvalue weighted by molar-refractivity contribution is 5.25. The molecule has 1 aromatic carbocycles. The van der Waals surface area contributed by atoms with Crippen molar-refractivity contribution < 1.29 is 0 Å². The van der Waals surface area contributed by atoms with Gasteiger partial charge in [0.2, 0.25) is 0 Å². The number of aryl methyl sites for hydroxylation is 1. The fourth-order valence-corrected chi connectivity index (χ4v) is 1.96. The maximum atomic E-state index is 3.31. The van der Waals surface area contributed by atoms with Gasteiger partial charge in [0.05, 0.1) is 0 Å². The minimum Gasteiger partial charge on any atom is -0.314 e. The second kappa shape index (κ2) is 4.77. The van der Waals surface area contributed by atoms with Crippen molar-refractivity contribution in [2.45, 2.75) is 19.4 Å².